The van der Waals surface area contributed by atoms with Gasteiger partial charge in [-0.2, -0.15) is 5.10 Å². The maximum Gasteiger partial charge on any atom is 0.433 e. The summed E-state index contributed by atoms with van der Waals surface area (Å²) in [5.74, 6) is -0.540. The van der Waals surface area contributed by atoms with Crippen LogP contribution in [0.3, 0.4) is 0 Å². The van der Waals surface area contributed by atoms with Gasteiger partial charge in [-0.3, -0.25) is 14.9 Å². The molecule has 0 radical (unpaired) electrons. The third-order valence-electron chi connectivity index (χ3n) is 2.43. The molecule has 2 aromatic rings. The molecule has 0 aliphatic heterocycles. The molecule has 1 aromatic heterocycles. The van der Waals surface area contributed by atoms with Gasteiger partial charge in [0, 0.05) is 5.02 Å². The Morgan fingerprint density at radius 1 is 1.39 bits per heavy atom. The highest BCUT2D eigenvalue weighted by Gasteiger charge is 2.10. The molecular formula is C13H9Cl2N3O5. The molecule has 2 rings (SSSR count). The first-order chi connectivity index (χ1) is 11.0. The molecule has 10 heteroatoms. The van der Waals surface area contributed by atoms with Crippen molar-refractivity contribution < 1.29 is 18.9 Å². The molecule has 8 nitrogen and oxygen atoms in total. The molecule has 1 heterocycles. The average Bonchev–Trinajstić information content (AvgIpc) is 2.95. The number of nitro groups is 1. The number of carbonyl (C=O) groups excluding carboxylic acids is 1. The lowest BCUT2D eigenvalue weighted by molar-refractivity contribution is -0.402. The second-order valence-electron chi connectivity index (χ2n) is 4.09. The molecule has 120 valence electrons. The lowest BCUT2D eigenvalue weighted by Gasteiger charge is -2.06. The minimum Gasteiger partial charge on any atom is -0.482 e. The van der Waals surface area contributed by atoms with Crippen molar-refractivity contribution in [2.24, 2.45) is 5.10 Å². The van der Waals surface area contributed by atoms with Crippen molar-refractivity contribution in [3.63, 3.8) is 0 Å². The van der Waals surface area contributed by atoms with E-state index in [2.05, 4.69) is 10.5 Å². The quantitative estimate of drug-likeness (QED) is 0.485. The average molecular weight is 358 g/mol. The lowest BCUT2D eigenvalue weighted by atomic mass is 10.3. The van der Waals surface area contributed by atoms with Crippen molar-refractivity contribution in [1.29, 1.82) is 0 Å². The Labute approximate surface area is 139 Å². The van der Waals surface area contributed by atoms with Crippen LogP contribution in [-0.4, -0.2) is 23.7 Å². The number of benzene rings is 1. The van der Waals surface area contributed by atoms with Crippen LogP contribution < -0.4 is 10.2 Å². The number of rotatable bonds is 6. The summed E-state index contributed by atoms with van der Waals surface area (Å²) in [5, 5.41) is 14.7. The molecule has 1 aromatic carbocycles. The van der Waals surface area contributed by atoms with Gasteiger partial charge >= 0.3 is 5.88 Å². The fourth-order valence-corrected chi connectivity index (χ4v) is 1.91. The number of hydrogen-bond acceptors (Lipinski definition) is 6. The number of halogens is 2. The number of hydrogen-bond donors (Lipinski definition) is 1. The molecule has 0 fully saturated rings. The van der Waals surface area contributed by atoms with Crippen molar-refractivity contribution in [2.75, 3.05) is 6.61 Å². The summed E-state index contributed by atoms with van der Waals surface area (Å²) in [4.78, 5) is 21.3. The van der Waals surface area contributed by atoms with Gasteiger partial charge in [0.05, 0.1) is 17.3 Å². The second kappa shape index (κ2) is 7.61. The van der Waals surface area contributed by atoms with E-state index in [4.69, 9.17) is 32.4 Å². The largest absolute Gasteiger partial charge is 0.482 e. The van der Waals surface area contributed by atoms with E-state index in [1.165, 1.54) is 24.3 Å². The Morgan fingerprint density at radius 3 is 2.83 bits per heavy atom. The highest BCUT2D eigenvalue weighted by Crippen LogP contribution is 2.27. The SMILES string of the molecule is O=C(COc1ccc(Cl)cc1Cl)N/N=C\c1ccc([N+](=O)[O-])o1. The molecule has 0 atom stereocenters. The molecule has 0 aliphatic rings. The normalized spacial score (nSPS) is 10.7. The van der Waals surface area contributed by atoms with E-state index in [1.54, 1.807) is 6.07 Å². The Morgan fingerprint density at radius 2 is 2.17 bits per heavy atom. The Hall–Kier alpha value is -2.58. The van der Waals surface area contributed by atoms with Crippen LogP contribution in [0.1, 0.15) is 5.76 Å². The van der Waals surface area contributed by atoms with Gasteiger partial charge < -0.3 is 9.15 Å². The fourth-order valence-electron chi connectivity index (χ4n) is 1.45. The topological polar surface area (TPSA) is 107 Å². The molecule has 0 spiro atoms. The number of nitrogens with zero attached hydrogens (tertiary/aromatic N) is 2. The number of hydrazone groups is 1. The highest BCUT2D eigenvalue weighted by atomic mass is 35.5. The van der Waals surface area contributed by atoms with Crippen molar-refractivity contribution >= 4 is 41.2 Å². The van der Waals surface area contributed by atoms with Gasteiger partial charge in [-0.15, -0.1) is 0 Å². The zero-order valence-electron chi connectivity index (χ0n) is 11.4. The highest BCUT2D eigenvalue weighted by molar-refractivity contribution is 6.35. The lowest BCUT2D eigenvalue weighted by Crippen LogP contribution is -2.24. The third-order valence-corrected chi connectivity index (χ3v) is 2.96. The monoisotopic (exact) mass is 357 g/mol. The number of furan rings is 1. The summed E-state index contributed by atoms with van der Waals surface area (Å²) >= 11 is 11.6. The molecule has 0 aliphatic carbocycles. The fraction of sp³-hybridized carbons (Fsp3) is 0.0769. The number of ether oxygens (including phenoxy) is 1. The zero-order valence-corrected chi connectivity index (χ0v) is 12.9. The van der Waals surface area contributed by atoms with Crippen LogP contribution in [0, 0.1) is 10.1 Å². The van der Waals surface area contributed by atoms with Gasteiger partial charge in [-0.25, -0.2) is 5.43 Å². The Kier molecular flexibility index (Phi) is 5.56. The molecule has 23 heavy (non-hydrogen) atoms. The van der Waals surface area contributed by atoms with Crippen LogP contribution in [0.25, 0.3) is 0 Å². The van der Waals surface area contributed by atoms with Gasteiger partial charge in [0.25, 0.3) is 5.91 Å². The first-order valence-corrected chi connectivity index (χ1v) is 6.85. The summed E-state index contributed by atoms with van der Waals surface area (Å²) < 4.78 is 10.0. The van der Waals surface area contributed by atoms with Crippen molar-refractivity contribution in [1.82, 2.24) is 5.43 Å². The van der Waals surface area contributed by atoms with Crippen molar-refractivity contribution in [3.05, 3.63) is 56.3 Å². The van der Waals surface area contributed by atoms with E-state index in [9.17, 15) is 14.9 Å². The summed E-state index contributed by atoms with van der Waals surface area (Å²) in [7, 11) is 0. The second-order valence-corrected chi connectivity index (χ2v) is 4.93. The number of nitrogens with one attached hydrogen (secondary N) is 1. The molecule has 1 amide bonds. The van der Waals surface area contributed by atoms with Crippen LogP contribution >= 0.6 is 23.2 Å². The molecular weight excluding hydrogens is 349 g/mol. The minimum atomic E-state index is -0.681. The zero-order chi connectivity index (χ0) is 16.8. The van der Waals surface area contributed by atoms with E-state index in [1.807, 2.05) is 0 Å². The third kappa shape index (κ3) is 4.97. The van der Waals surface area contributed by atoms with E-state index in [0.29, 0.717) is 10.8 Å². The molecule has 0 saturated heterocycles. The van der Waals surface area contributed by atoms with Gasteiger partial charge in [0.1, 0.15) is 10.7 Å². The predicted octanol–water partition coefficient (Wildman–Crippen LogP) is 3.02. The van der Waals surface area contributed by atoms with Gasteiger partial charge in [-0.05, 0) is 24.3 Å². The Bertz CT molecular complexity index is 760. The van der Waals surface area contributed by atoms with Crippen LogP contribution in [0.4, 0.5) is 5.88 Å². The van der Waals surface area contributed by atoms with E-state index in [0.717, 1.165) is 6.21 Å². The van der Waals surface area contributed by atoms with Crippen LogP contribution in [0.2, 0.25) is 10.0 Å². The van der Waals surface area contributed by atoms with Gasteiger partial charge in [0.2, 0.25) is 0 Å². The van der Waals surface area contributed by atoms with Crippen LogP contribution in [0.5, 0.6) is 5.75 Å². The van der Waals surface area contributed by atoms with Crippen molar-refractivity contribution in [3.8, 4) is 5.75 Å². The maximum absolute atomic E-state index is 11.5. The van der Waals surface area contributed by atoms with Crippen LogP contribution in [-0.2, 0) is 4.79 Å². The van der Waals surface area contributed by atoms with Gasteiger partial charge in [0.15, 0.2) is 12.4 Å². The number of carbonyl (C=O) groups is 1. The summed E-state index contributed by atoms with van der Waals surface area (Å²) in [6.45, 7) is -0.322. The Balaban J connectivity index is 1.82. The molecule has 0 saturated carbocycles. The molecule has 0 bridgehead atoms. The molecule has 1 N–H and O–H groups in total. The van der Waals surface area contributed by atoms with E-state index < -0.39 is 16.7 Å². The minimum absolute atomic E-state index is 0.124. The first kappa shape index (κ1) is 16.8. The standard InChI is InChI=1S/C13H9Cl2N3O5/c14-8-1-3-11(10(15)5-8)22-7-12(19)17-16-6-9-2-4-13(23-9)18(20)21/h1-6H,7H2,(H,17,19)/b16-6-. The molecule has 0 unspecified atom stereocenters. The maximum atomic E-state index is 11.5. The summed E-state index contributed by atoms with van der Waals surface area (Å²) in [6.07, 6.45) is 1.13. The van der Waals surface area contributed by atoms with E-state index >= 15 is 0 Å². The summed E-state index contributed by atoms with van der Waals surface area (Å²) in [5.41, 5.74) is 2.18. The smallest absolute Gasteiger partial charge is 0.433 e. The predicted molar refractivity (Wildman–Crippen MR) is 83.1 cm³/mol. The summed E-state index contributed by atoms with van der Waals surface area (Å²) in [6, 6.07) is 7.11. The first-order valence-electron chi connectivity index (χ1n) is 6.09. The van der Waals surface area contributed by atoms with E-state index in [-0.39, 0.29) is 17.4 Å². The van der Waals surface area contributed by atoms with Crippen LogP contribution in [0.15, 0.2) is 39.9 Å². The van der Waals surface area contributed by atoms with Gasteiger partial charge in [-0.1, -0.05) is 23.2 Å². The van der Waals surface area contributed by atoms with Crippen molar-refractivity contribution in [2.45, 2.75) is 0 Å². The number of amides is 1.